The molecule has 1 aliphatic rings. The number of nitrogens with zero attached hydrogens (tertiary/aromatic N) is 2. The van der Waals surface area contributed by atoms with Crippen LogP contribution in [0.15, 0.2) is 18.3 Å². The first kappa shape index (κ1) is 13.3. The lowest BCUT2D eigenvalue weighted by Gasteiger charge is -2.38. The SMILES string of the molecule is CC1CCCC(C)N1NC(=O)c1ccc(Cl)nc1. The van der Waals surface area contributed by atoms with Crippen molar-refractivity contribution >= 4 is 17.5 Å². The molecule has 1 aliphatic heterocycles. The molecule has 5 heteroatoms. The summed E-state index contributed by atoms with van der Waals surface area (Å²) < 4.78 is 0. The molecular weight excluding hydrogens is 250 g/mol. The molecule has 0 saturated carbocycles. The van der Waals surface area contributed by atoms with Crippen LogP contribution in [0.5, 0.6) is 0 Å². The lowest BCUT2D eigenvalue weighted by Crippen LogP contribution is -2.54. The molecule has 4 nitrogen and oxygen atoms in total. The molecule has 1 saturated heterocycles. The van der Waals surface area contributed by atoms with Crippen LogP contribution in [0, 0.1) is 0 Å². The van der Waals surface area contributed by atoms with Crippen molar-refractivity contribution in [3.8, 4) is 0 Å². The fourth-order valence-electron chi connectivity index (χ4n) is 2.33. The van der Waals surface area contributed by atoms with Crippen molar-refractivity contribution in [3.05, 3.63) is 29.0 Å². The van der Waals surface area contributed by atoms with Crippen molar-refractivity contribution in [2.45, 2.75) is 45.2 Å². The Labute approximate surface area is 112 Å². The first-order chi connectivity index (χ1) is 8.58. The van der Waals surface area contributed by atoms with Crippen molar-refractivity contribution in [3.63, 3.8) is 0 Å². The van der Waals surface area contributed by atoms with E-state index in [9.17, 15) is 4.79 Å². The van der Waals surface area contributed by atoms with Gasteiger partial charge in [-0.1, -0.05) is 18.0 Å². The zero-order valence-corrected chi connectivity index (χ0v) is 11.4. The third-order valence-electron chi connectivity index (χ3n) is 3.41. The number of halogens is 1. The molecule has 1 aromatic heterocycles. The summed E-state index contributed by atoms with van der Waals surface area (Å²) in [5.41, 5.74) is 3.50. The van der Waals surface area contributed by atoms with Crippen LogP contribution in [0.2, 0.25) is 5.15 Å². The quantitative estimate of drug-likeness (QED) is 0.838. The summed E-state index contributed by atoms with van der Waals surface area (Å²) in [6.07, 6.45) is 4.95. The number of piperidine rings is 1. The molecule has 1 N–H and O–H groups in total. The highest BCUT2D eigenvalue weighted by Gasteiger charge is 2.26. The zero-order chi connectivity index (χ0) is 13.1. The fourth-order valence-corrected chi connectivity index (χ4v) is 2.45. The van der Waals surface area contributed by atoms with Crippen LogP contribution in [0.4, 0.5) is 0 Å². The van der Waals surface area contributed by atoms with Gasteiger partial charge in [-0.15, -0.1) is 0 Å². The molecule has 0 aromatic carbocycles. The van der Waals surface area contributed by atoms with Gasteiger partial charge in [-0.3, -0.25) is 10.2 Å². The fraction of sp³-hybridized carbons (Fsp3) is 0.538. The second-order valence-electron chi connectivity index (χ2n) is 4.85. The van der Waals surface area contributed by atoms with Gasteiger partial charge in [0.05, 0.1) is 5.56 Å². The molecule has 98 valence electrons. The Hall–Kier alpha value is -1.13. The lowest BCUT2D eigenvalue weighted by molar-refractivity contribution is 0.0369. The van der Waals surface area contributed by atoms with E-state index in [2.05, 4.69) is 24.3 Å². The number of hydrogen-bond acceptors (Lipinski definition) is 3. The third-order valence-corrected chi connectivity index (χ3v) is 3.64. The molecule has 1 fully saturated rings. The van der Waals surface area contributed by atoms with Crippen molar-refractivity contribution in [2.24, 2.45) is 0 Å². The minimum atomic E-state index is -0.125. The summed E-state index contributed by atoms with van der Waals surface area (Å²) in [7, 11) is 0. The van der Waals surface area contributed by atoms with Gasteiger partial charge in [0.1, 0.15) is 5.15 Å². The molecule has 0 aliphatic carbocycles. The van der Waals surface area contributed by atoms with E-state index in [0.29, 0.717) is 22.8 Å². The number of nitrogens with one attached hydrogen (secondary N) is 1. The molecule has 0 radical (unpaired) electrons. The predicted octanol–water partition coefficient (Wildman–Crippen LogP) is 2.64. The van der Waals surface area contributed by atoms with Gasteiger partial charge in [0.15, 0.2) is 0 Å². The maximum atomic E-state index is 12.1. The maximum Gasteiger partial charge on any atom is 0.267 e. The van der Waals surface area contributed by atoms with E-state index in [1.807, 2.05) is 5.01 Å². The van der Waals surface area contributed by atoms with Gasteiger partial charge in [0, 0.05) is 18.3 Å². The van der Waals surface area contributed by atoms with E-state index in [0.717, 1.165) is 12.8 Å². The average molecular weight is 268 g/mol. The Kier molecular flexibility index (Phi) is 4.19. The zero-order valence-electron chi connectivity index (χ0n) is 10.7. The summed E-state index contributed by atoms with van der Waals surface area (Å²) in [5, 5.41) is 2.44. The van der Waals surface area contributed by atoms with Gasteiger partial charge < -0.3 is 0 Å². The third kappa shape index (κ3) is 3.00. The summed E-state index contributed by atoms with van der Waals surface area (Å²) in [6, 6.07) is 4.06. The monoisotopic (exact) mass is 267 g/mol. The maximum absolute atomic E-state index is 12.1. The Bertz CT molecular complexity index is 411. The highest BCUT2D eigenvalue weighted by atomic mass is 35.5. The highest BCUT2D eigenvalue weighted by molar-refractivity contribution is 6.29. The van der Waals surface area contributed by atoms with Gasteiger partial charge in [0.2, 0.25) is 0 Å². The second-order valence-corrected chi connectivity index (χ2v) is 5.23. The van der Waals surface area contributed by atoms with Gasteiger partial charge in [-0.25, -0.2) is 9.99 Å². The molecule has 0 spiro atoms. The van der Waals surface area contributed by atoms with Crippen LogP contribution in [0.25, 0.3) is 0 Å². The molecule has 2 rings (SSSR count). The summed E-state index contributed by atoms with van der Waals surface area (Å²) in [4.78, 5) is 16.0. The largest absolute Gasteiger partial charge is 0.284 e. The predicted molar refractivity (Wildman–Crippen MR) is 71.3 cm³/mol. The van der Waals surface area contributed by atoms with E-state index >= 15 is 0 Å². The Balaban J connectivity index is 2.04. The number of hydrazine groups is 1. The summed E-state index contributed by atoms with van der Waals surface area (Å²) in [6.45, 7) is 4.27. The highest BCUT2D eigenvalue weighted by Crippen LogP contribution is 2.20. The first-order valence-corrected chi connectivity index (χ1v) is 6.66. The number of hydrogen-bond donors (Lipinski definition) is 1. The Morgan fingerprint density at radius 2 is 2.06 bits per heavy atom. The number of carbonyl (C=O) groups is 1. The number of carbonyl (C=O) groups excluding carboxylic acids is 1. The van der Waals surface area contributed by atoms with E-state index in [1.54, 1.807) is 12.1 Å². The van der Waals surface area contributed by atoms with E-state index in [-0.39, 0.29) is 5.91 Å². The van der Waals surface area contributed by atoms with E-state index in [1.165, 1.54) is 12.6 Å². The van der Waals surface area contributed by atoms with Gasteiger partial charge in [-0.2, -0.15) is 0 Å². The van der Waals surface area contributed by atoms with Crippen molar-refractivity contribution in [1.82, 2.24) is 15.4 Å². The first-order valence-electron chi connectivity index (χ1n) is 6.29. The van der Waals surface area contributed by atoms with Gasteiger partial charge in [0.25, 0.3) is 5.91 Å². The molecule has 2 unspecified atom stereocenters. The van der Waals surface area contributed by atoms with Crippen LogP contribution >= 0.6 is 11.6 Å². The molecule has 2 heterocycles. The number of pyridine rings is 1. The molecule has 1 amide bonds. The molecule has 0 bridgehead atoms. The summed E-state index contributed by atoms with van der Waals surface area (Å²) >= 11 is 5.70. The van der Waals surface area contributed by atoms with Crippen LogP contribution in [0.3, 0.4) is 0 Å². The minimum absolute atomic E-state index is 0.125. The lowest BCUT2D eigenvalue weighted by atomic mass is 10.00. The van der Waals surface area contributed by atoms with Crippen molar-refractivity contribution in [2.75, 3.05) is 0 Å². The van der Waals surface area contributed by atoms with Crippen molar-refractivity contribution in [1.29, 1.82) is 0 Å². The van der Waals surface area contributed by atoms with Gasteiger partial charge >= 0.3 is 0 Å². The average Bonchev–Trinajstić information content (AvgIpc) is 2.34. The standard InChI is InChI=1S/C13H18ClN3O/c1-9-4-3-5-10(2)17(9)16-13(18)11-6-7-12(14)15-8-11/h6-10H,3-5H2,1-2H3,(H,16,18). The van der Waals surface area contributed by atoms with Crippen LogP contribution in [-0.2, 0) is 0 Å². The smallest absolute Gasteiger partial charge is 0.267 e. The van der Waals surface area contributed by atoms with Crippen molar-refractivity contribution < 1.29 is 4.79 Å². The normalized spacial score (nSPS) is 24.8. The molecular formula is C13H18ClN3O. The molecule has 1 aromatic rings. The Morgan fingerprint density at radius 1 is 1.39 bits per heavy atom. The number of aromatic nitrogens is 1. The molecule has 2 atom stereocenters. The molecule has 18 heavy (non-hydrogen) atoms. The van der Waals surface area contributed by atoms with Crippen LogP contribution < -0.4 is 5.43 Å². The minimum Gasteiger partial charge on any atom is -0.284 e. The van der Waals surface area contributed by atoms with Crippen LogP contribution in [0.1, 0.15) is 43.5 Å². The number of rotatable bonds is 2. The Morgan fingerprint density at radius 3 is 2.61 bits per heavy atom. The topological polar surface area (TPSA) is 45.2 Å². The number of amides is 1. The van der Waals surface area contributed by atoms with Gasteiger partial charge in [-0.05, 0) is 38.8 Å². The summed E-state index contributed by atoms with van der Waals surface area (Å²) in [5.74, 6) is -0.125. The van der Waals surface area contributed by atoms with Crippen LogP contribution in [-0.4, -0.2) is 28.0 Å². The second kappa shape index (κ2) is 5.67. The van der Waals surface area contributed by atoms with E-state index < -0.39 is 0 Å². The van der Waals surface area contributed by atoms with E-state index in [4.69, 9.17) is 11.6 Å².